The molecule has 3 atom stereocenters. The zero-order chi connectivity index (χ0) is 14.7. The molecule has 0 saturated heterocycles. The Labute approximate surface area is 128 Å². The first-order valence-corrected chi connectivity index (χ1v) is 7.93. The largest absolute Gasteiger partial charge is 0.310 e. The molecule has 1 saturated carbocycles. The van der Waals surface area contributed by atoms with Crippen molar-refractivity contribution in [3.05, 3.63) is 38.3 Å². The predicted molar refractivity (Wildman–Crippen MR) is 83.6 cm³/mol. The molecule has 5 heteroatoms. The fourth-order valence-corrected chi connectivity index (χ4v) is 3.27. The van der Waals surface area contributed by atoms with Crippen LogP contribution in [0.25, 0.3) is 0 Å². The summed E-state index contributed by atoms with van der Waals surface area (Å²) in [6.45, 7) is 5.15. The molecule has 110 valence electrons. The van der Waals surface area contributed by atoms with Crippen LogP contribution in [0.2, 0.25) is 0 Å². The summed E-state index contributed by atoms with van der Waals surface area (Å²) >= 11 is 3.38. The SMILES string of the molecule is CC1CCC(NCc2cc(Br)ccc2[N+](=O)[O-])CC1C. The quantitative estimate of drug-likeness (QED) is 0.657. The van der Waals surface area contributed by atoms with Gasteiger partial charge in [0.15, 0.2) is 0 Å². The van der Waals surface area contributed by atoms with E-state index in [1.807, 2.05) is 6.07 Å². The Balaban J connectivity index is 2.00. The highest BCUT2D eigenvalue weighted by atomic mass is 79.9. The fourth-order valence-electron chi connectivity index (χ4n) is 2.86. The Morgan fingerprint density at radius 2 is 2.10 bits per heavy atom. The maximum absolute atomic E-state index is 11.0. The van der Waals surface area contributed by atoms with Crippen molar-refractivity contribution in [1.29, 1.82) is 0 Å². The van der Waals surface area contributed by atoms with E-state index in [-0.39, 0.29) is 10.6 Å². The van der Waals surface area contributed by atoms with Crippen molar-refractivity contribution in [1.82, 2.24) is 5.32 Å². The number of nitro groups is 1. The third-order valence-electron chi connectivity index (χ3n) is 4.42. The molecule has 1 aliphatic carbocycles. The van der Waals surface area contributed by atoms with Gasteiger partial charge in [0.1, 0.15) is 0 Å². The van der Waals surface area contributed by atoms with Gasteiger partial charge in [0.25, 0.3) is 5.69 Å². The number of rotatable bonds is 4. The van der Waals surface area contributed by atoms with Gasteiger partial charge in [-0.2, -0.15) is 0 Å². The normalized spacial score (nSPS) is 26.4. The van der Waals surface area contributed by atoms with Gasteiger partial charge in [-0.05, 0) is 43.2 Å². The smallest absolute Gasteiger partial charge is 0.273 e. The van der Waals surface area contributed by atoms with Crippen molar-refractivity contribution in [2.45, 2.75) is 45.7 Å². The number of hydrogen-bond donors (Lipinski definition) is 1. The van der Waals surface area contributed by atoms with Gasteiger partial charge >= 0.3 is 0 Å². The van der Waals surface area contributed by atoms with E-state index in [4.69, 9.17) is 0 Å². The summed E-state index contributed by atoms with van der Waals surface area (Å²) in [4.78, 5) is 10.7. The van der Waals surface area contributed by atoms with Gasteiger partial charge in [-0.15, -0.1) is 0 Å². The van der Waals surface area contributed by atoms with E-state index in [9.17, 15) is 10.1 Å². The van der Waals surface area contributed by atoms with Crippen LogP contribution in [0.1, 0.15) is 38.7 Å². The zero-order valence-corrected chi connectivity index (χ0v) is 13.5. The molecule has 4 nitrogen and oxygen atoms in total. The van der Waals surface area contributed by atoms with E-state index in [1.54, 1.807) is 12.1 Å². The minimum atomic E-state index is -0.310. The van der Waals surface area contributed by atoms with Crippen LogP contribution >= 0.6 is 15.9 Å². The van der Waals surface area contributed by atoms with Gasteiger partial charge in [-0.25, -0.2) is 0 Å². The van der Waals surface area contributed by atoms with Crippen molar-refractivity contribution in [2.75, 3.05) is 0 Å². The minimum absolute atomic E-state index is 0.193. The number of nitro benzene ring substituents is 1. The zero-order valence-electron chi connectivity index (χ0n) is 11.9. The summed E-state index contributed by atoms with van der Waals surface area (Å²) in [7, 11) is 0. The lowest BCUT2D eigenvalue weighted by Crippen LogP contribution is -2.35. The van der Waals surface area contributed by atoms with Crippen molar-refractivity contribution < 1.29 is 4.92 Å². The standard InChI is InChI=1S/C15H21BrN2O2/c1-10-3-5-14(7-11(10)2)17-9-12-8-13(16)4-6-15(12)18(19)20/h4,6,8,10-11,14,17H,3,5,7,9H2,1-2H3. The molecular formula is C15H21BrN2O2. The van der Waals surface area contributed by atoms with E-state index in [1.165, 1.54) is 6.42 Å². The van der Waals surface area contributed by atoms with Gasteiger partial charge < -0.3 is 5.32 Å². The van der Waals surface area contributed by atoms with Gasteiger partial charge in [0.05, 0.1) is 4.92 Å². The lowest BCUT2D eigenvalue weighted by Gasteiger charge is -2.32. The van der Waals surface area contributed by atoms with E-state index in [0.29, 0.717) is 12.6 Å². The number of nitrogens with one attached hydrogen (secondary N) is 1. The molecule has 3 unspecified atom stereocenters. The van der Waals surface area contributed by atoms with Crippen LogP contribution in [-0.4, -0.2) is 11.0 Å². The molecular weight excluding hydrogens is 320 g/mol. The highest BCUT2D eigenvalue weighted by molar-refractivity contribution is 9.10. The molecule has 20 heavy (non-hydrogen) atoms. The van der Waals surface area contributed by atoms with Crippen LogP contribution in [-0.2, 0) is 6.54 Å². The fraction of sp³-hybridized carbons (Fsp3) is 0.600. The summed E-state index contributed by atoms with van der Waals surface area (Å²) in [6, 6.07) is 5.58. The number of benzene rings is 1. The summed E-state index contributed by atoms with van der Waals surface area (Å²) in [5, 5.41) is 14.5. The number of nitrogens with zero attached hydrogens (tertiary/aromatic N) is 1. The predicted octanol–water partition coefficient (Wildman–Crippen LogP) is 4.27. The van der Waals surface area contributed by atoms with E-state index in [2.05, 4.69) is 35.1 Å². The molecule has 0 aromatic heterocycles. The Bertz CT molecular complexity index is 493. The van der Waals surface area contributed by atoms with Crippen molar-refractivity contribution in [3.8, 4) is 0 Å². The molecule has 0 radical (unpaired) electrons. The molecule has 0 spiro atoms. The molecule has 0 heterocycles. The van der Waals surface area contributed by atoms with Crippen LogP contribution in [0.4, 0.5) is 5.69 Å². The van der Waals surface area contributed by atoms with Crippen LogP contribution in [0.3, 0.4) is 0 Å². The first-order valence-electron chi connectivity index (χ1n) is 7.13. The summed E-state index contributed by atoms with van der Waals surface area (Å²) in [5.41, 5.74) is 0.938. The molecule has 0 aliphatic heterocycles. The summed E-state index contributed by atoms with van der Waals surface area (Å²) in [5.74, 6) is 1.51. The van der Waals surface area contributed by atoms with Crippen LogP contribution < -0.4 is 5.32 Å². The van der Waals surface area contributed by atoms with E-state index in [0.717, 1.165) is 34.7 Å². The lowest BCUT2D eigenvalue weighted by atomic mass is 9.79. The molecule has 2 rings (SSSR count). The molecule has 1 N–H and O–H groups in total. The van der Waals surface area contributed by atoms with Gasteiger partial charge in [-0.1, -0.05) is 29.8 Å². The number of hydrogen-bond acceptors (Lipinski definition) is 3. The maximum Gasteiger partial charge on any atom is 0.273 e. The van der Waals surface area contributed by atoms with E-state index >= 15 is 0 Å². The topological polar surface area (TPSA) is 55.2 Å². The molecule has 1 aliphatic rings. The van der Waals surface area contributed by atoms with Crippen LogP contribution in [0, 0.1) is 22.0 Å². The second-order valence-electron chi connectivity index (χ2n) is 5.88. The van der Waals surface area contributed by atoms with Gasteiger partial charge in [-0.3, -0.25) is 10.1 Å². The Hall–Kier alpha value is -0.940. The molecule has 0 bridgehead atoms. The third-order valence-corrected chi connectivity index (χ3v) is 4.91. The van der Waals surface area contributed by atoms with E-state index < -0.39 is 0 Å². The van der Waals surface area contributed by atoms with Gasteiger partial charge in [0.2, 0.25) is 0 Å². The molecule has 1 aromatic rings. The Morgan fingerprint density at radius 1 is 1.35 bits per heavy atom. The monoisotopic (exact) mass is 340 g/mol. The first-order chi connectivity index (χ1) is 9.47. The Morgan fingerprint density at radius 3 is 2.75 bits per heavy atom. The first kappa shape index (κ1) is 15.4. The van der Waals surface area contributed by atoms with Crippen molar-refractivity contribution >= 4 is 21.6 Å². The van der Waals surface area contributed by atoms with Crippen molar-refractivity contribution in [2.24, 2.45) is 11.8 Å². The van der Waals surface area contributed by atoms with Crippen molar-refractivity contribution in [3.63, 3.8) is 0 Å². The second-order valence-corrected chi connectivity index (χ2v) is 6.79. The maximum atomic E-state index is 11.0. The lowest BCUT2D eigenvalue weighted by molar-refractivity contribution is -0.385. The second kappa shape index (κ2) is 6.68. The highest BCUT2D eigenvalue weighted by Gasteiger charge is 2.24. The average Bonchev–Trinajstić information content (AvgIpc) is 2.40. The molecule has 1 fully saturated rings. The average molecular weight is 341 g/mol. The minimum Gasteiger partial charge on any atom is -0.310 e. The van der Waals surface area contributed by atoms with Crippen LogP contribution in [0.15, 0.2) is 22.7 Å². The highest BCUT2D eigenvalue weighted by Crippen LogP contribution is 2.30. The molecule has 0 amide bonds. The molecule has 1 aromatic carbocycles. The third kappa shape index (κ3) is 3.79. The van der Waals surface area contributed by atoms with Gasteiger partial charge in [0, 0.05) is 28.7 Å². The summed E-state index contributed by atoms with van der Waals surface area (Å²) < 4.78 is 0.880. The number of halogens is 1. The van der Waals surface area contributed by atoms with Crippen LogP contribution in [0.5, 0.6) is 0 Å². The Kier molecular flexibility index (Phi) is 5.16. The summed E-state index contributed by atoms with van der Waals surface area (Å²) in [6.07, 6.45) is 3.55.